The van der Waals surface area contributed by atoms with Crippen LogP contribution in [0.3, 0.4) is 0 Å². The standard InChI is InChI=1S/C12H14O5/c13-11(14)9-6-8(10(17-9)12(15)16)7-4-2-1-3-5-7/h6,10H,1-5H2,(H,13,14)(H,15,16). The van der Waals surface area contributed by atoms with E-state index in [2.05, 4.69) is 0 Å². The van der Waals surface area contributed by atoms with Crippen LogP contribution in [0.5, 0.6) is 0 Å². The van der Waals surface area contributed by atoms with Gasteiger partial charge in [0, 0.05) is 5.57 Å². The average molecular weight is 238 g/mol. The molecule has 0 aromatic rings. The first-order chi connectivity index (χ1) is 8.09. The lowest BCUT2D eigenvalue weighted by molar-refractivity contribution is -0.147. The normalized spacial score (nSPS) is 24.2. The molecule has 1 heterocycles. The lowest BCUT2D eigenvalue weighted by atomic mass is 9.89. The zero-order chi connectivity index (χ0) is 12.4. The molecule has 2 aliphatic rings. The molecule has 92 valence electrons. The van der Waals surface area contributed by atoms with Gasteiger partial charge in [-0.05, 0) is 31.8 Å². The highest BCUT2D eigenvalue weighted by Gasteiger charge is 2.34. The molecule has 1 fully saturated rings. The van der Waals surface area contributed by atoms with E-state index >= 15 is 0 Å². The van der Waals surface area contributed by atoms with Crippen molar-refractivity contribution in [3.63, 3.8) is 0 Å². The Morgan fingerprint density at radius 3 is 2.35 bits per heavy atom. The highest BCUT2D eigenvalue weighted by molar-refractivity contribution is 5.89. The Hall–Kier alpha value is -1.78. The molecule has 1 aliphatic carbocycles. The third-order valence-corrected chi connectivity index (χ3v) is 3.11. The number of allylic oxidation sites excluding steroid dienone is 1. The van der Waals surface area contributed by atoms with E-state index in [1.807, 2.05) is 0 Å². The fourth-order valence-corrected chi connectivity index (χ4v) is 2.29. The van der Waals surface area contributed by atoms with Gasteiger partial charge in [0.1, 0.15) is 0 Å². The van der Waals surface area contributed by atoms with Gasteiger partial charge in [0.25, 0.3) is 0 Å². The Bertz CT molecular complexity index is 411. The monoisotopic (exact) mass is 238 g/mol. The highest BCUT2D eigenvalue weighted by atomic mass is 16.5. The fourth-order valence-electron chi connectivity index (χ4n) is 2.29. The minimum Gasteiger partial charge on any atom is -0.478 e. The van der Waals surface area contributed by atoms with Gasteiger partial charge in [-0.15, -0.1) is 0 Å². The van der Waals surface area contributed by atoms with Crippen molar-refractivity contribution >= 4 is 11.9 Å². The smallest absolute Gasteiger partial charge is 0.371 e. The van der Waals surface area contributed by atoms with E-state index < -0.39 is 18.0 Å². The molecule has 0 aromatic heterocycles. The quantitative estimate of drug-likeness (QED) is 0.764. The third-order valence-electron chi connectivity index (χ3n) is 3.11. The minimum absolute atomic E-state index is 0.273. The number of hydrogen-bond acceptors (Lipinski definition) is 3. The van der Waals surface area contributed by atoms with E-state index in [9.17, 15) is 9.59 Å². The first-order valence-electron chi connectivity index (χ1n) is 5.66. The maximum absolute atomic E-state index is 11.0. The maximum Gasteiger partial charge on any atom is 0.371 e. The van der Waals surface area contributed by atoms with Gasteiger partial charge in [0.2, 0.25) is 11.9 Å². The van der Waals surface area contributed by atoms with Crippen LogP contribution in [0.15, 0.2) is 23.0 Å². The van der Waals surface area contributed by atoms with Crippen molar-refractivity contribution in [1.29, 1.82) is 0 Å². The molecule has 2 rings (SSSR count). The predicted octanol–water partition coefficient (Wildman–Crippen LogP) is 1.70. The van der Waals surface area contributed by atoms with Crippen LogP contribution in [0.1, 0.15) is 32.1 Å². The molecule has 1 saturated carbocycles. The number of carbonyl (C=O) groups is 2. The predicted molar refractivity (Wildman–Crippen MR) is 58.3 cm³/mol. The van der Waals surface area contributed by atoms with Crippen LogP contribution in [0.2, 0.25) is 0 Å². The van der Waals surface area contributed by atoms with Gasteiger partial charge >= 0.3 is 11.9 Å². The van der Waals surface area contributed by atoms with Gasteiger partial charge in [0.05, 0.1) is 0 Å². The summed E-state index contributed by atoms with van der Waals surface area (Å²) in [6.07, 6.45) is 5.10. The van der Waals surface area contributed by atoms with E-state index in [1.54, 1.807) is 0 Å². The SMILES string of the molecule is O=C(O)C1=CC(=C2CCCCC2)C(C(=O)O)O1. The second-order valence-corrected chi connectivity index (χ2v) is 4.27. The molecule has 1 unspecified atom stereocenters. The first kappa shape index (κ1) is 11.7. The molecule has 17 heavy (non-hydrogen) atoms. The van der Waals surface area contributed by atoms with Gasteiger partial charge in [-0.3, -0.25) is 0 Å². The molecule has 0 amide bonds. The number of rotatable bonds is 2. The van der Waals surface area contributed by atoms with Gasteiger partial charge in [-0.2, -0.15) is 0 Å². The van der Waals surface area contributed by atoms with Crippen LogP contribution in [0.4, 0.5) is 0 Å². The first-order valence-corrected chi connectivity index (χ1v) is 5.66. The van der Waals surface area contributed by atoms with E-state index in [-0.39, 0.29) is 5.76 Å². The molecule has 1 aliphatic heterocycles. The molecule has 1 atom stereocenters. The summed E-state index contributed by atoms with van der Waals surface area (Å²) in [5.41, 5.74) is 1.56. The summed E-state index contributed by atoms with van der Waals surface area (Å²) in [5, 5.41) is 17.8. The summed E-state index contributed by atoms with van der Waals surface area (Å²) in [6.45, 7) is 0. The molecule has 0 bridgehead atoms. The summed E-state index contributed by atoms with van der Waals surface area (Å²) in [6, 6.07) is 0. The van der Waals surface area contributed by atoms with Crippen LogP contribution in [0.25, 0.3) is 0 Å². The highest BCUT2D eigenvalue weighted by Crippen LogP contribution is 2.33. The average Bonchev–Trinajstić information content (AvgIpc) is 2.75. The number of carboxylic acids is 2. The second-order valence-electron chi connectivity index (χ2n) is 4.27. The van der Waals surface area contributed by atoms with Crippen molar-refractivity contribution < 1.29 is 24.5 Å². The van der Waals surface area contributed by atoms with Crippen molar-refractivity contribution in [2.75, 3.05) is 0 Å². The van der Waals surface area contributed by atoms with E-state index in [0.29, 0.717) is 5.57 Å². The van der Waals surface area contributed by atoms with Crippen molar-refractivity contribution in [2.24, 2.45) is 0 Å². The fraction of sp³-hybridized carbons (Fsp3) is 0.500. The Balaban J connectivity index is 2.33. The van der Waals surface area contributed by atoms with E-state index in [4.69, 9.17) is 14.9 Å². The van der Waals surface area contributed by atoms with Crippen molar-refractivity contribution in [3.05, 3.63) is 23.0 Å². The largest absolute Gasteiger partial charge is 0.478 e. The van der Waals surface area contributed by atoms with E-state index in [0.717, 1.165) is 37.7 Å². The number of carboxylic acid groups (broad SMARTS) is 2. The molecule has 0 spiro atoms. The molecule has 0 aromatic carbocycles. The maximum atomic E-state index is 11.0. The zero-order valence-electron chi connectivity index (χ0n) is 9.31. The molecular formula is C12H14O5. The zero-order valence-corrected chi connectivity index (χ0v) is 9.31. The van der Waals surface area contributed by atoms with Gasteiger partial charge in [-0.1, -0.05) is 12.0 Å². The Morgan fingerprint density at radius 1 is 1.18 bits per heavy atom. The Kier molecular flexibility index (Phi) is 3.17. The molecule has 0 saturated heterocycles. The van der Waals surface area contributed by atoms with Crippen LogP contribution in [-0.4, -0.2) is 28.3 Å². The van der Waals surface area contributed by atoms with Crippen molar-refractivity contribution in [3.8, 4) is 0 Å². The number of ether oxygens (including phenoxy) is 1. The van der Waals surface area contributed by atoms with Crippen molar-refractivity contribution in [2.45, 2.75) is 38.2 Å². The lowest BCUT2D eigenvalue weighted by Gasteiger charge is -2.18. The summed E-state index contributed by atoms with van der Waals surface area (Å²) in [5.74, 6) is -2.63. The van der Waals surface area contributed by atoms with Gasteiger partial charge in [-0.25, -0.2) is 9.59 Å². The topological polar surface area (TPSA) is 83.8 Å². The lowest BCUT2D eigenvalue weighted by Crippen LogP contribution is -2.23. The van der Waals surface area contributed by atoms with Crippen LogP contribution >= 0.6 is 0 Å². The van der Waals surface area contributed by atoms with E-state index in [1.165, 1.54) is 6.08 Å². The summed E-state index contributed by atoms with van der Waals surface area (Å²) in [7, 11) is 0. The minimum atomic E-state index is -1.22. The third kappa shape index (κ3) is 2.33. The molecule has 0 radical (unpaired) electrons. The second kappa shape index (κ2) is 4.61. The molecule has 5 nitrogen and oxygen atoms in total. The summed E-state index contributed by atoms with van der Waals surface area (Å²) >= 11 is 0. The van der Waals surface area contributed by atoms with Crippen molar-refractivity contribution in [1.82, 2.24) is 0 Å². The Labute approximate surface area is 98.4 Å². The van der Waals surface area contributed by atoms with Crippen LogP contribution < -0.4 is 0 Å². The number of hydrogen-bond donors (Lipinski definition) is 2. The molecular weight excluding hydrogens is 224 g/mol. The summed E-state index contributed by atoms with van der Waals surface area (Å²) < 4.78 is 4.95. The van der Waals surface area contributed by atoms with Gasteiger partial charge in [0.15, 0.2) is 0 Å². The Morgan fingerprint density at radius 2 is 1.82 bits per heavy atom. The summed E-state index contributed by atoms with van der Waals surface area (Å²) in [4.78, 5) is 21.8. The molecule has 5 heteroatoms. The molecule has 2 N–H and O–H groups in total. The number of aliphatic carboxylic acids is 2. The van der Waals surface area contributed by atoms with Gasteiger partial charge < -0.3 is 14.9 Å². The van der Waals surface area contributed by atoms with Crippen LogP contribution in [0, 0.1) is 0 Å². The van der Waals surface area contributed by atoms with Crippen LogP contribution in [-0.2, 0) is 14.3 Å².